The van der Waals surface area contributed by atoms with Crippen LogP contribution in [0.15, 0.2) is 60.7 Å². The predicted octanol–water partition coefficient (Wildman–Crippen LogP) is 0.254. The lowest BCUT2D eigenvalue weighted by Gasteiger charge is -2.38. The van der Waals surface area contributed by atoms with Gasteiger partial charge in [-0.1, -0.05) is 60.7 Å². The summed E-state index contributed by atoms with van der Waals surface area (Å²) in [6.07, 6.45) is -9.10. The van der Waals surface area contributed by atoms with Gasteiger partial charge in [-0.15, -0.1) is 0 Å². The Balaban J connectivity index is 1.86. The van der Waals surface area contributed by atoms with Crippen molar-refractivity contribution in [2.24, 2.45) is 0 Å². The fourth-order valence-corrected chi connectivity index (χ4v) is 3.09. The lowest BCUT2D eigenvalue weighted by molar-refractivity contribution is -0.286. The van der Waals surface area contributed by atoms with E-state index in [-0.39, 0.29) is 0 Å². The Morgan fingerprint density at radius 1 is 0.821 bits per heavy atom. The smallest absolute Gasteiger partial charge is 0.335 e. The predicted molar refractivity (Wildman–Crippen MR) is 95.1 cm³/mol. The molecule has 1 fully saturated rings. The second kappa shape index (κ2) is 8.49. The average molecular weight is 388 g/mol. The van der Waals surface area contributed by atoms with Crippen molar-refractivity contribution in [2.75, 3.05) is 0 Å². The number of ether oxygens (including phenoxy) is 2. The summed E-state index contributed by atoms with van der Waals surface area (Å²) in [5, 5.41) is 38.8. The molecule has 148 valence electrons. The van der Waals surface area contributed by atoms with E-state index in [9.17, 15) is 24.9 Å². The number of carbonyl (C=O) groups excluding carboxylic acids is 1. The van der Waals surface area contributed by atoms with Gasteiger partial charge < -0.3 is 29.9 Å². The first-order chi connectivity index (χ1) is 13.4. The van der Waals surface area contributed by atoms with Crippen LogP contribution in [0.4, 0.5) is 0 Å². The zero-order valence-electron chi connectivity index (χ0n) is 14.7. The second-order valence-electron chi connectivity index (χ2n) is 6.43. The van der Waals surface area contributed by atoms with E-state index in [1.807, 2.05) is 0 Å². The summed E-state index contributed by atoms with van der Waals surface area (Å²) < 4.78 is 10.3. The molecule has 5 atom stereocenters. The molecule has 0 saturated carbocycles. The largest absolute Gasteiger partial charge is 0.479 e. The van der Waals surface area contributed by atoms with Crippen molar-refractivity contribution < 1.29 is 39.5 Å². The lowest BCUT2D eigenvalue weighted by atomic mass is 9.91. The molecule has 0 bridgehead atoms. The molecule has 1 aliphatic rings. The van der Waals surface area contributed by atoms with Gasteiger partial charge in [-0.25, -0.2) is 4.79 Å². The standard InChI is InChI=1S/C20H20O8/c21-14-15(22)17(18(24)25)27-20(16(14)23)28-19(26)13(11-7-3-1-4-8-11)12-9-5-2-6-10-12/h1-10,13-17,20-23H,(H,24,25)/t14-,15-,16+,17-,20-/m0/s1. The van der Waals surface area contributed by atoms with Crippen LogP contribution in [0.5, 0.6) is 0 Å². The molecule has 28 heavy (non-hydrogen) atoms. The number of carbonyl (C=O) groups is 2. The maximum atomic E-state index is 12.9. The average Bonchev–Trinajstić information content (AvgIpc) is 2.70. The van der Waals surface area contributed by atoms with Crippen LogP contribution >= 0.6 is 0 Å². The SMILES string of the molecule is O=C(O[C@@H]1O[C@H](C(=O)O)[C@@H](O)[C@H](O)[C@H]1O)C(c1ccccc1)c1ccccc1. The zero-order valence-corrected chi connectivity index (χ0v) is 14.7. The summed E-state index contributed by atoms with van der Waals surface area (Å²) in [5.41, 5.74) is 1.25. The van der Waals surface area contributed by atoms with E-state index in [4.69, 9.17) is 14.6 Å². The highest BCUT2D eigenvalue weighted by molar-refractivity contribution is 5.82. The lowest BCUT2D eigenvalue weighted by Crippen LogP contribution is -2.60. The van der Waals surface area contributed by atoms with Gasteiger partial charge in [-0.3, -0.25) is 4.79 Å². The van der Waals surface area contributed by atoms with Crippen molar-refractivity contribution in [1.29, 1.82) is 0 Å². The van der Waals surface area contributed by atoms with E-state index in [0.29, 0.717) is 11.1 Å². The van der Waals surface area contributed by atoms with Crippen molar-refractivity contribution >= 4 is 11.9 Å². The Morgan fingerprint density at radius 2 is 1.32 bits per heavy atom. The summed E-state index contributed by atoms with van der Waals surface area (Å²) in [7, 11) is 0. The maximum absolute atomic E-state index is 12.9. The van der Waals surface area contributed by atoms with Crippen LogP contribution in [0.3, 0.4) is 0 Å². The van der Waals surface area contributed by atoms with E-state index < -0.39 is 48.6 Å². The second-order valence-corrected chi connectivity index (χ2v) is 6.43. The Morgan fingerprint density at radius 3 is 1.79 bits per heavy atom. The number of aliphatic hydroxyl groups is 3. The number of carboxylic acids is 1. The van der Waals surface area contributed by atoms with Crippen LogP contribution < -0.4 is 0 Å². The Labute approximate surface area is 160 Å². The van der Waals surface area contributed by atoms with Gasteiger partial charge >= 0.3 is 11.9 Å². The number of rotatable bonds is 5. The number of hydrogen-bond acceptors (Lipinski definition) is 7. The molecule has 8 heteroatoms. The molecule has 8 nitrogen and oxygen atoms in total. The monoisotopic (exact) mass is 388 g/mol. The number of aliphatic carboxylic acids is 1. The van der Waals surface area contributed by atoms with Crippen LogP contribution in [0.2, 0.25) is 0 Å². The van der Waals surface area contributed by atoms with Crippen molar-refractivity contribution in [3.05, 3.63) is 71.8 Å². The maximum Gasteiger partial charge on any atom is 0.335 e. The van der Waals surface area contributed by atoms with Crippen molar-refractivity contribution in [1.82, 2.24) is 0 Å². The fraction of sp³-hybridized carbons (Fsp3) is 0.300. The van der Waals surface area contributed by atoms with Crippen molar-refractivity contribution in [2.45, 2.75) is 36.6 Å². The van der Waals surface area contributed by atoms with Gasteiger partial charge in [0.1, 0.15) is 24.2 Å². The first-order valence-electron chi connectivity index (χ1n) is 8.63. The third-order valence-corrected chi connectivity index (χ3v) is 4.55. The van der Waals surface area contributed by atoms with Crippen LogP contribution in [0.25, 0.3) is 0 Å². The van der Waals surface area contributed by atoms with Gasteiger partial charge in [0.2, 0.25) is 6.29 Å². The molecule has 0 spiro atoms. The van der Waals surface area contributed by atoms with Crippen LogP contribution in [-0.4, -0.2) is 63.1 Å². The minimum Gasteiger partial charge on any atom is -0.479 e. The molecule has 2 aromatic carbocycles. The molecule has 1 saturated heterocycles. The molecule has 2 aromatic rings. The number of esters is 1. The third kappa shape index (κ3) is 4.05. The van der Waals surface area contributed by atoms with E-state index in [1.54, 1.807) is 60.7 Å². The summed E-state index contributed by atoms with van der Waals surface area (Å²) in [5.74, 6) is -3.21. The number of hydrogen-bond donors (Lipinski definition) is 4. The molecule has 1 heterocycles. The third-order valence-electron chi connectivity index (χ3n) is 4.55. The van der Waals surface area contributed by atoms with E-state index in [1.165, 1.54) is 0 Å². The molecule has 3 rings (SSSR count). The fourth-order valence-electron chi connectivity index (χ4n) is 3.09. The molecule has 1 aliphatic heterocycles. The van der Waals surface area contributed by atoms with Gasteiger partial charge in [0.25, 0.3) is 0 Å². The Kier molecular flexibility index (Phi) is 6.05. The van der Waals surface area contributed by atoms with Crippen LogP contribution in [0, 0.1) is 0 Å². The van der Waals surface area contributed by atoms with Crippen molar-refractivity contribution in [3.8, 4) is 0 Å². The first kappa shape index (κ1) is 20.0. The molecular weight excluding hydrogens is 368 g/mol. The van der Waals surface area contributed by atoms with Gasteiger partial charge in [0.15, 0.2) is 6.10 Å². The van der Waals surface area contributed by atoms with Gasteiger partial charge in [-0.05, 0) is 11.1 Å². The summed E-state index contributed by atoms with van der Waals surface area (Å²) in [6, 6.07) is 17.5. The highest BCUT2D eigenvalue weighted by Gasteiger charge is 2.49. The molecule has 0 amide bonds. The summed E-state index contributed by atoms with van der Waals surface area (Å²) in [4.78, 5) is 24.1. The molecule has 0 unspecified atom stereocenters. The number of carboxylic acid groups (broad SMARTS) is 1. The quantitative estimate of drug-likeness (QED) is 0.536. The van der Waals surface area contributed by atoms with Gasteiger partial charge in [-0.2, -0.15) is 0 Å². The van der Waals surface area contributed by atoms with Gasteiger partial charge in [0.05, 0.1) is 0 Å². The minimum atomic E-state index is -1.86. The molecule has 0 radical (unpaired) electrons. The van der Waals surface area contributed by atoms with Gasteiger partial charge in [0, 0.05) is 0 Å². The van der Waals surface area contributed by atoms with E-state index >= 15 is 0 Å². The summed E-state index contributed by atoms with van der Waals surface area (Å²) in [6.45, 7) is 0. The Hall–Kier alpha value is -2.78. The van der Waals surface area contributed by atoms with Crippen LogP contribution in [0.1, 0.15) is 17.0 Å². The van der Waals surface area contributed by atoms with E-state index in [2.05, 4.69) is 0 Å². The van der Waals surface area contributed by atoms with Crippen molar-refractivity contribution in [3.63, 3.8) is 0 Å². The number of aliphatic hydroxyl groups excluding tert-OH is 3. The zero-order chi connectivity index (χ0) is 20.3. The molecule has 0 aliphatic carbocycles. The highest BCUT2D eigenvalue weighted by Crippen LogP contribution is 2.29. The molecule has 0 aromatic heterocycles. The van der Waals surface area contributed by atoms with E-state index in [0.717, 1.165) is 0 Å². The Bertz CT molecular complexity index is 770. The topological polar surface area (TPSA) is 134 Å². The first-order valence-corrected chi connectivity index (χ1v) is 8.63. The van der Waals surface area contributed by atoms with Crippen LogP contribution in [-0.2, 0) is 19.1 Å². The minimum absolute atomic E-state index is 0.624. The molecular formula is C20H20O8. The highest BCUT2D eigenvalue weighted by atomic mass is 16.7. The summed E-state index contributed by atoms with van der Waals surface area (Å²) >= 11 is 0. The number of benzene rings is 2. The molecule has 4 N–H and O–H groups in total. The normalized spacial score (nSPS) is 27.4.